The number of ether oxygens (including phenoxy) is 3. The molecule has 0 unspecified atom stereocenters. The van der Waals surface area contributed by atoms with Crippen LogP contribution in [-0.2, 0) is 18.0 Å². The van der Waals surface area contributed by atoms with Gasteiger partial charge >= 0.3 is 0 Å². The van der Waals surface area contributed by atoms with Crippen LogP contribution in [0.1, 0.15) is 34.2 Å². The van der Waals surface area contributed by atoms with Crippen LogP contribution in [0.4, 0.5) is 0 Å². The average molecular weight is 575 g/mol. The second-order valence-electron chi connectivity index (χ2n) is 9.87. The Morgan fingerprint density at radius 2 is 0.976 bits per heavy atom. The van der Waals surface area contributed by atoms with Gasteiger partial charge in [-0.2, -0.15) is 0 Å². The Bertz CT molecular complexity index is 1520. The van der Waals surface area contributed by atoms with Crippen LogP contribution in [0.15, 0.2) is 140 Å². The van der Waals surface area contributed by atoms with Gasteiger partial charge in [-0.1, -0.05) is 115 Å². The maximum absolute atomic E-state index is 6.35. The Morgan fingerprint density at radius 1 is 0.476 bits per heavy atom. The minimum absolute atomic E-state index is 0.487. The number of benzene rings is 5. The first kappa shape index (κ1) is 29.2. The lowest BCUT2D eigenvalue weighted by molar-refractivity contribution is 0.0889. The van der Waals surface area contributed by atoms with E-state index in [9.17, 15) is 0 Å². The van der Waals surface area contributed by atoms with Crippen LogP contribution in [0.3, 0.4) is 0 Å². The molecule has 212 valence electrons. The van der Waals surface area contributed by atoms with Crippen LogP contribution in [0, 0.1) is 0 Å². The van der Waals surface area contributed by atoms with Gasteiger partial charge in [-0.25, -0.2) is 0 Å². The van der Waals surface area contributed by atoms with Crippen molar-refractivity contribution in [2.75, 3.05) is 19.1 Å². The quantitative estimate of drug-likeness (QED) is 0.0751. The van der Waals surface area contributed by atoms with Crippen LogP contribution < -0.4 is 9.47 Å². The van der Waals surface area contributed by atoms with Gasteiger partial charge in [0.25, 0.3) is 0 Å². The van der Waals surface area contributed by atoms with Crippen molar-refractivity contribution in [2.45, 2.75) is 19.6 Å². The molecule has 0 amide bonds. The summed E-state index contributed by atoms with van der Waals surface area (Å²) in [6, 6.07) is 47.4. The molecule has 5 aromatic carbocycles. The fourth-order valence-corrected chi connectivity index (χ4v) is 5.01. The molecule has 3 nitrogen and oxygen atoms in total. The molecule has 0 saturated carbocycles. The molecular formula is C38H35ClO3. The van der Waals surface area contributed by atoms with Crippen LogP contribution in [0.25, 0.3) is 11.1 Å². The second-order valence-corrected chi connectivity index (χ2v) is 10.2. The van der Waals surface area contributed by atoms with Gasteiger partial charge in [0.1, 0.15) is 24.7 Å². The smallest absolute Gasteiger partial charge is 0.119 e. The minimum Gasteiger partial charge on any atom is -0.491 e. The summed E-state index contributed by atoms with van der Waals surface area (Å²) in [7, 11) is 0. The monoisotopic (exact) mass is 574 g/mol. The summed E-state index contributed by atoms with van der Waals surface area (Å²) in [6.07, 6.45) is 0.740. The Balaban J connectivity index is 1.33. The molecule has 0 spiro atoms. The van der Waals surface area contributed by atoms with Crippen molar-refractivity contribution in [3.05, 3.63) is 167 Å². The van der Waals surface area contributed by atoms with E-state index in [0.717, 1.165) is 51.3 Å². The summed E-state index contributed by atoms with van der Waals surface area (Å²) >= 11 is 6.35. The zero-order chi connectivity index (χ0) is 28.8. The lowest BCUT2D eigenvalue weighted by Crippen LogP contribution is -2.06. The van der Waals surface area contributed by atoms with Crippen molar-refractivity contribution in [1.82, 2.24) is 0 Å². The standard InChI is InChI=1S/C38H35ClO3/c39-25-24-37(32-14-8-3-9-15-32)38(34-18-22-36(23-19-34)42-29-31-12-6-2-7-13-31)33-16-20-35(21-17-33)41-27-26-40-28-30-10-4-1-5-11-30/h1-23H,24-29H2/b38-37+. The first-order chi connectivity index (χ1) is 20.8. The van der Waals surface area contributed by atoms with Gasteiger partial charge in [-0.05, 0) is 69.6 Å². The first-order valence-electron chi connectivity index (χ1n) is 14.3. The molecule has 0 heterocycles. The number of rotatable bonds is 14. The molecule has 0 saturated heterocycles. The lowest BCUT2D eigenvalue weighted by Gasteiger charge is -2.18. The van der Waals surface area contributed by atoms with Crippen molar-refractivity contribution in [1.29, 1.82) is 0 Å². The van der Waals surface area contributed by atoms with E-state index in [2.05, 4.69) is 72.8 Å². The summed E-state index contributed by atoms with van der Waals surface area (Å²) in [5, 5.41) is 0. The number of hydrogen-bond acceptors (Lipinski definition) is 3. The van der Waals surface area contributed by atoms with E-state index < -0.39 is 0 Å². The first-order valence-corrected chi connectivity index (χ1v) is 14.8. The van der Waals surface area contributed by atoms with Gasteiger partial charge in [0.05, 0.1) is 13.2 Å². The zero-order valence-electron chi connectivity index (χ0n) is 23.6. The molecule has 0 aliphatic heterocycles. The summed E-state index contributed by atoms with van der Waals surface area (Å²) in [5.74, 6) is 2.17. The lowest BCUT2D eigenvalue weighted by atomic mass is 9.88. The molecule has 42 heavy (non-hydrogen) atoms. The molecule has 0 aliphatic carbocycles. The van der Waals surface area contributed by atoms with Gasteiger partial charge in [0.15, 0.2) is 0 Å². The van der Waals surface area contributed by atoms with Crippen molar-refractivity contribution >= 4 is 22.7 Å². The molecule has 0 N–H and O–H groups in total. The normalized spacial score (nSPS) is 11.5. The third-order valence-corrected chi connectivity index (χ3v) is 7.10. The van der Waals surface area contributed by atoms with E-state index in [1.165, 1.54) is 5.57 Å². The van der Waals surface area contributed by atoms with Crippen LogP contribution in [0.5, 0.6) is 11.5 Å². The maximum Gasteiger partial charge on any atom is 0.119 e. The zero-order valence-corrected chi connectivity index (χ0v) is 24.4. The Hall–Kier alpha value is -4.31. The topological polar surface area (TPSA) is 27.7 Å². The van der Waals surface area contributed by atoms with Gasteiger partial charge in [0.2, 0.25) is 0 Å². The van der Waals surface area contributed by atoms with Crippen molar-refractivity contribution in [3.8, 4) is 11.5 Å². The Morgan fingerprint density at radius 3 is 1.52 bits per heavy atom. The Kier molecular flexibility index (Phi) is 10.9. The van der Waals surface area contributed by atoms with Crippen molar-refractivity contribution in [2.24, 2.45) is 0 Å². The molecule has 0 atom stereocenters. The second kappa shape index (κ2) is 15.6. The third-order valence-electron chi connectivity index (χ3n) is 6.91. The van der Waals surface area contributed by atoms with Crippen LogP contribution >= 0.6 is 11.6 Å². The van der Waals surface area contributed by atoms with E-state index in [4.69, 9.17) is 25.8 Å². The van der Waals surface area contributed by atoms with E-state index in [1.807, 2.05) is 66.7 Å². The van der Waals surface area contributed by atoms with Gasteiger partial charge in [0, 0.05) is 5.88 Å². The van der Waals surface area contributed by atoms with E-state index in [-0.39, 0.29) is 0 Å². The average Bonchev–Trinajstić information content (AvgIpc) is 3.06. The highest BCUT2D eigenvalue weighted by atomic mass is 35.5. The molecule has 0 aliphatic rings. The molecule has 0 aromatic heterocycles. The van der Waals surface area contributed by atoms with E-state index in [1.54, 1.807) is 0 Å². The summed E-state index contributed by atoms with van der Waals surface area (Å²) in [5.41, 5.74) is 8.01. The van der Waals surface area contributed by atoms with Crippen molar-refractivity contribution < 1.29 is 14.2 Å². The highest BCUT2D eigenvalue weighted by molar-refractivity contribution is 6.18. The molecule has 5 aromatic rings. The molecule has 4 heteroatoms. The van der Waals surface area contributed by atoms with Gasteiger partial charge in [-0.15, -0.1) is 11.6 Å². The van der Waals surface area contributed by atoms with Crippen LogP contribution in [-0.4, -0.2) is 19.1 Å². The molecular weight excluding hydrogens is 540 g/mol. The Labute approximate surface area is 254 Å². The largest absolute Gasteiger partial charge is 0.491 e. The molecule has 0 radical (unpaired) electrons. The number of alkyl halides is 1. The van der Waals surface area contributed by atoms with Crippen LogP contribution in [0.2, 0.25) is 0 Å². The number of allylic oxidation sites excluding steroid dienone is 1. The van der Waals surface area contributed by atoms with Gasteiger partial charge in [-0.3, -0.25) is 0 Å². The molecule has 0 bridgehead atoms. The van der Waals surface area contributed by atoms with Crippen molar-refractivity contribution in [3.63, 3.8) is 0 Å². The molecule has 0 fully saturated rings. The summed E-state index contributed by atoms with van der Waals surface area (Å²) < 4.78 is 17.8. The van der Waals surface area contributed by atoms with Gasteiger partial charge < -0.3 is 14.2 Å². The van der Waals surface area contributed by atoms with E-state index >= 15 is 0 Å². The highest BCUT2D eigenvalue weighted by Crippen LogP contribution is 2.36. The SMILES string of the molecule is ClCC/C(=C(/c1ccc(OCCOCc2ccccc2)cc1)c1ccc(OCc2ccccc2)cc1)c1ccccc1. The minimum atomic E-state index is 0.487. The predicted octanol–water partition coefficient (Wildman–Crippen LogP) is 9.45. The predicted molar refractivity (Wildman–Crippen MR) is 173 cm³/mol. The third kappa shape index (κ3) is 8.36. The molecule has 5 rings (SSSR count). The highest BCUT2D eigenvalue weighted by Gasteiger charge is 2.15. The maximum atomic E-state index is 6.35. The summed E-state index contributed by atoms with van der Waals surface area (Å²) in [4.78, 5) is 0. The fraction of sp³-hybridized carbons (Fsp3) is 0.158. The fourth-order valence-electron chi connectivity index (χ4n) is 4.82. The number of hydrogen-bond donors (Lipinski definition) is 0. The van der Waals surface area contributed by atoms with E-state index in [0.29, 0.717) is 32.3 Å². The number of halogens is 1. The summed E-state index contributed by atoms with van der Waals surface area (Å²) in [6.45, 7) is 2.12.